The van der Waals surface area contributed by atoms with Crippen LogP contribution in [-0.2, 0) is 4.79 Å². The molecule has 5 heteroatoms. The molecule has 84 valence electrons. The van der Waals surface area contributed by atoms with Crippen LogP contribution in [0.3, 0.4) is 0 Å². The second-order valence-corrected chi connectivity index (χ2v) is 5.29. The molecule has 1 unspecified atom stereocenters. The van der Waals surface area contributed by atoms with Gasteiger partial charge in [0.25, 0.3) is 0 Å². The highest BCUT2D eigenvalue weighted by molar-refractivity contribution is 8.00. The van der Waals surface area contributed by atoms with Crippen LogP contribution in [0.4, 0.5) is 0 Å². The summed E-state index contributed by atoms with van der Waals surface area (Å²) in [6, 6.07) is 0.0947. The lowest BCUT2D eigenvalue weighted by atomic mass is 10.1. The Kier molecular flexibility index (Phi) is 4.16. The van der Waals surface area contributed by atoms with Gasteiger partial charge in [-0.1, -0.05) is 6.08 Å². The van der Waals surface area contributed by atoms with Gasteiger partial charge in [0.15, 0.2) is 0 Å². The van der Waals surface area contributed by atoms with Crippen LogP contribution in [0.1, 0.15) is 19.8 Å². The molecule has 0 aliphatic carbocycles. The van der Waals surface area contributed by atoms with Crippen molar-refractivity contribution in [1.82, 2.24) is 4.90 Å². The van der Waals surface area contributed by atoms with Crippen molar-refractivity contribution >= 4 is 31.2 Å². The Morgan fingerprint density at radius 1 is 1.53 bits per heavy atom. The third-order valence-corrected chi connectivity index (χ3v) is 3.07. The molecule has 15 heavy (non-hydrogen) atoms. The lowest BCUT2D eigenvalue weighted by Crippen LogP contribution is -2.41. The molecule has 0 fully saturated rings. The Morgan fingerprint density at radius 2 is 2.20 bits per heavy atom. The van der Waals surface area contributed by atoms with Crippen LogP contribution in [-0.4, -0.2) is 26.2 Å². The summed E-state index contributed by atoms with van der Waals surface area (Å²) >= 11 is 8.80. The second-order valence-electron chi connectivity index (χ2n) is 3.58. The number of carbonyl (C=O) groups is 1. The summed E-state index contributed by atoms with van der Waals surface area (Å²) in [4.78, 5) is 12.4. The van der Waals surface area contributed by atoms with Gasteiger partial charge in [-0.25, -0.2) is 0 Å². The number of allylic oxidation sites excluding steroid dienone is 2. The van der Waals surface area contributed by atoms with Gasteiger partial charge < -0.3 is 10.0 Å². The monoisotopic (exact) mass is 245 g/mol. The van der Waals surface area contributed by atoms with E-state index in [2.05, 4.69) is 25.3 Å². The van der Waals surface area contributed by atoms with Gasteiger partial charge in [-0.2, -0.15) is 0 Å². The first-order valence-corrected chi connectivity index (χ1v) is 5.64. The van der Waals surface area contributed by atoms with Gasteiger partial charge in [0.1, 0.15) is 4.20 Å². The predicted octanol–water partition coefficient (Wildman–Crippen LogP) is 2.14. The maximum atomic E-state index is 10.5. The summed E-state index contributed by atoms with van der Waals surface area (Å²) in [6.45, 7) is 1.97. The van der Waals surface area contributed by atoms with Gasteiger partial charge in [-0.15, -0.1) is 25.3 Å². The van der Waals surface area contributed by atoms with Crippen molar-refractivity contribution < 1.29 is 9.90 Å². The third kappa shape index (κ3) is 3.50. The maximum Gasteiger partial charge on any atom is 0.303 e. The van der Waals surface area contributed by atoms with Crippen LogP contribution < -0.4 is 0 Å². The summed E-state index contributed by atoms with van der Waals surface area (Å²) in [6.07, 6.45) is 8.24. The van der Waals surface area contributed by atoms with E-state index >= 15 is 0 Å². The number of hydrogen-bond donors (Lipinski definition) is 3. The standard InChI is InChI=1S/C10H15NO2S2/c1-8(4-5-9(12)13)11-7-3-2-6-10(11,14)15/h2-3,6-8,14-15H,4-5H2,1H3,(H,12,13). The zero-order chi connectivity index (χ0) is 11.5. The van der Waals surface area contributed by atoms with Crippen LogP contribution in [0.5, 0.6) is 0 Å². The van der Waals surface area contributed by atoms with E-state index in [0.29, 0.717) is 6.42 Å². The van der Waals surface area contributed by atoms with Gasteiger partial charge in [0.2, 0.25) is 0 Å². The highest BCUT2D eigenvalue weighted by Gasteiger charge is 2.28. The normalized spacial score (nSPS) is 20.3. The number of nitrogens with zero attached hydrogens (tertiary/aromatic N) is 1. The Balaban J connectivity index is 2.59. The molecule has 0 radical (unpaired) electrons. The van der Waals surface area contributed by atoms with Crippen LogP contribution in [0.15, 0.2) is 24.4 Å². The molecule has 1 heterocycles. The average Bonchev–Trinajstić information content (AvgIpc) is 2.13. The van der Waals surface area contributed by atoms with Crippen LogP contribution in [0.2, 0.25) is 0 Å². The number of aliphatic carboxylic acids is 1. The minimum absolute atomic E-state index is 0.0947. The van der Waals surface area contributed by atoms with Crippen molar-refractivity contribution in [3.63, 3.8) is 0 Å². The molecule has 1 N–H and O–H groups in total. The van der Waals surface area contributed by atoms with Gasteiger partial charge in [0.05, 0.1) is 0 Å². The molecule has 1 atom stereocenters. The fraction of sp³-hybridized carbons (Fsp3) is 0.500. The topological polar surface area (TPSA) is 40.5 Å². The highest BCUT2D eigenvalue weighted by Crippen LogP contribution is 2.32. The Morgan fingerprint density at radius 3 is 2.73 bits per heavy atom. The summed E-state index contributed by atoms with van der Waals surface area (Å²) in [5, 5.41) is 8.60. The van der Waals surface area contributed by atoms with Gasteiger partial charge in [-0.05, 0) is 25.5 Å². The molecular formula is C10H15NO2S2. The van der Waals surface area contributed by atoms with E-state index in [-0.39, 0.29) is 12.5 Å². The molecule has 0 saturated carbocycles. The molecule has 3 nitrogen and oxygen atoms in total. The van der Waals surface area contributed by atoms with Crippen molar-refractivity contribution in [2.45, 2.75) is 30.0 Å². The number of carboxylic acid groups (broad SMARTS) is 1. The summed E-state index contributed by atoms with van der Waals surface area (Å²) in [7, 11) is 0. The van der Waals surface area contributed by atoms with Gasteiger partial charge >= 0.3 is 5.97 Å². The SMILES string of the molecule is CC(CCC(=O)O)N1C=CC=CC1(S)S. The highest BCUT2D eigenvalue weighted by atomic mass is 32.2. The van der Waals surface area contributed by atoms with Crippen molar-refractivity contribution in [2.24, 2.45) is 0 Å². The third-order valence-electron chi connectivity index (χ3n) is 2.31. The quantitative estimate of drug-likeness (QED) is 0.525. The second kappa shape index (κ2) is 4.99. The van der Waals surface area contributed by atoms with E-state index in [4.69, 9.17) is 5.11 Å². The molecule has 0 aromatic rings. The zero-order valence-corrected chi connectivity index (χ0v) is 10.3. The minimum Gasteiger partial charge on any atom is -0.481 e. The van der Waals surface area contributed by atoms with E-state index in [1.807, 2.05) is 36.3 Å². The molecule has 1 aliphatic heterocycles. The summed E-state index contributed by atoms with van der Waals surface area (Å²) < 4.78 is -0.632. The molecule has 0 aromatic carbocycles. The molecular weight excluding hydrogens is 230 g/mol. The van der Waals surface area contributed by atoms with Crippen molar-refractivity contribution in [3.8, 4) is 0 Å². The van der Waals surface area contributed by atoms with Crippen LogP contribution in [0.25, 0.3) is 0 Å². The molecule has 0 saturated heterocycles. The number of rotatable bonds is 4. The molecule has 0 spiro atoms. The van der Waals surface area contributed by atoms with E-state index < -0.39 is 10.2 Å². The fourth-order valence-corrected chi connectivity index (χ4v) is 2.17. The number of thiol groups is 2. The van der Waals surface area contributed by atoms with Crippen LogP contribution in [0, 0.1) is 0 Å². The van der Waals surface area contributed by atoms with Crippen molar-refractivity contribution in [1.29, 1.82) is 0 Å². The molecule has 1 aliphatic rings. The van der Waals surface area contributed by atoms with Gasteiger partial charge in [-0.3, -0.25) is 4.79 Å². The zero-order valence-electron chi connectivity index (χ0n) is 8.50. The number of carboxylic acids is 1. The molecule has 0 aromatic heterocycles. The lowest BCUT2D eigenvalue weighted by molar-refractivity contribution is -0.137. The van der Waals surface area contributed by atoms with E-state index in [1.54, 1.807) is 0 Å². The first kappa shape index (κ1) is 12.5. The lowest BCUT2D eigenvalue weighted by Gasteiger charge is -2.39. The Labute approximate surface area is 101 Å². The summed E-state index contributed by atoms with van der Waals surface area (Å²) in [5.74, 6) is -0.776. The van der Waals surface area contributed by atoms with Crippen LogP contribution >= 0.6 is 25.3 Å². The van der Waals surface area contributed by atoms with E-state index in [1.165, 1.54) is 0 Å². The smallest absolute Gasteiger partial charge is 0.303 e. The Hall–Kier alpha value is -0.550. The largest absolute Gasteiger partial charge is 0.481 e. The maximum absolute atomic E-state index is 10.5. The minimum atomic E-state index is -0.776. The molecule has 0 amide bonds. The number of hydrogen-bond acceptors (Lipinski definition) is 4. The van der Waals surface area contributed by atoms with E-state index in [0.717, 1.165) is 0 Å². The predicted molar refractivity (Wildman–Crippen MR) is 67.2 cm³/mol. The first-order valence-electron chi connectivity index (χ1n) is 4.74. The van der Waals surface area contributed by atoms with Crippen molar-refractivity contribution in [2.75, 3.05) is 0 Å². The van der Waals surface area contributed by atoms with Crippen molar-refractivity contribution in [3.05, 3.63) is 24.4 Å². The molecule has 0 bridgehead atoms. The average molecular weight is 245 g/mol. The van der Waals surface area contributed by atoms with Gasteiger partial charge in [0, 0.05) is 18.7 Å². The Bertz CT molecular complexity index is 300. The molecule has 1 rings (SSSR count). The van der Waals surface area contributed by atoms with E-state index in [9.17, 15) is 4.79 Å². The fourth-order valence-electron chi connectivity index (χ4n) is 1.47. The first-order chi connectivity index (χ1) is 6.93. The summed E-state index contributed by atoms with van der Waals surface area (Å²) in [5.41, 5.74) is 0.